The normalized spacial score (nSPS) is 10.2. The van der Waals surface area contributed by atoms with Crippen LogP contribution in [0.3, 0.4) is 0 Å². The average molecular weight is 243 g/mol. The number of carbonyl (C=O) groups is 2. The summed E-state index contributed by atoms with van der Waals surface area (Å²) in [4.78, 5) is 30.9. The van der Waals surface area contributed by atoms with Gasteiger partial charge in [-0.2, -0.15) is 0 Å². The first-order valence-electron chi connectivity index (χ1n) is 4.24. The number of hydrogen-bond acceptors (Lipinski definition) is 4. The molecule has 0 amide bonds. The van der Waals surface area contributed by atoms with Crippen molar-refractivity contribution in [2.45, 2.75) is 5.92 Å². The molecule has 1 rings (SSSR count). The first-order valence-corrected chi connectivity index (χ1v) is 4.24. The number of carboxylic acids is 2. The van der Waals surface area contributed by atoms with Crippen LogP contribution in [0.4, 0.5) is 10.1 Å². The maximum Gasteiger partial charge on any atom is 0.322 e. The summed E-state index contributed by atoms with van der Waals surface area (Å²) >= 11 is 0. The lowest BCUT2D eigenvalue weighted by atomic mass is 9.97. The molecule has 90 valence electrons. The standard InChI is InChI=1S/C9H6FNO6/c10-4-2-1-3-5(11(16)17)6(4)7(8(12)13)9(14)15/h1-3,7H,(H,12,13)(H,14,15). The Morgan fingerprint density at radius 3 is 2.24 bits per heavy atom. The Bertz CT molecular complexity index is 486. The molecule has 2 N–H and O–H groups in total. The summed E-state index contributed by atoms with van der Waals surface area (Å²) in [5, 5.41) is 27.9. The van der Waals surface area contributed by atoms with Crippen molar-refractivity contribution in [3.05, 3.63) is 39.7 Å². The van der Waals surface area contributed by atoms with Crippen molar-refractivity contribution >= 4 is 17.6 Å². The van der Waals surface area contributed by atoms with Gasteiger partial charge in [0.25, 0.3) is 5.69 Å². The topological polar surface area (TPSA) is 118 Å². The molecule has 0 saturated heterocycles. The Morgan fingerprint density at radius 2 is 1.82 bits per heavy atom. The molecule has 0 bridgehead atoms. The molecule has 8 heteroatoms. The highest BCUT2D eigenvalue weighted by molar-refractivity contribution is 6.00. The zero-order valence-electron chi connectivity index (χ0n) is 8.16. The van der Waals surface area contributed by atoms with E-state index in [4.69, 9.17) is 10.2 Å². The van der Waals surface area contributed by atoms with Gasteiger partial charge >= 0.3 is 11.9 Å². The van der Waals surface area contributed by atoms with Crippen LogP contribution in [-0.4, -0.2) is 27.1 Å². The highest BCUT2D eigenvalue weighted by Crippen LogP contribution is 2.29. The number of carboxylic acid groups (broad SMARTS) is 2. The third kappa shape index (κ3) is 2.36. The predicted octanol–water partition coefficient (Wildman–Crippen LogP) is 0.987. The summed E-state index contributed by atoms with van der Waals surface area (Å²) in [6, 6.07) is 2.61. The zero-order valence-corrected chi connectivity index (χ0v) is 8.16. The second kappa shape index (κ2) is 4.56. The third-order valence-electron chi connectivity index (χ3n) is 2.01. The maximum atomic E-state index is 13.4. The van der Waals surface area contributed by atoms with Gasteiger partial charge in [0.15, 0.2) is 5.92 Å². The Hall–Kier alpha value is -2.51. The molecule has 0 heterocycles. The number of benzene rings is 1. The Balaban J connectivity index is 3.51. The minimum atomic E-state index is -2.31. The number of nitrogens with zero attached hydrogens (tertiary/aromatic N) is 1. The van der Waals surface area contributed by atoms with E-state index in [1.54, 1.807) is 0 Å². The van der Waals surface area contributed by atoms with Crippen LogP contribution < -0.4 is 0 Å². The van der Waals surface area contributed by atoms with Gasteiger partial charge in [-0.3, -0.25) is 19.7 Å². The number of hydrogen-bond donors (Lipinski definition) is 2. The number of nitro groups is 1. The van der Waals surface area contributed by atoms with Crippen LogP contribution in [0.5, 0.6) is 0 Å². The van der Waals surface area contributed by atoms with E-state index in [1.807, 2.05) is 0 Å². The van der Waals surface area contributed by atoms with E-state index >= 15 is 0 Å². The molecule has 0 saturated carbocycles. The molecule has 0 spiro atoms. The summed E-state index contributed by atoms with van der Waals surface area (Å²) in [6.07, 6.45) is 0. The highest BCUT2D eigenvalue weighted by atomic mass is 19.1. The number of nitro benzene ring substituents is 1. The molecule has 0 aliphatic carbocycles. The second-order valence-corrected chi connectivity index (χ2v) is 3.04. The molecule has 1 aromatic rings. The molecule has 1 aromatic carbocycles. The van der Waals surface area contributed by atoms with Gasteiger partial charge in [-0.1, -0.05) is 6.07 Å². The Morgan fingerprint density at radius 1 is 1.29 bits per heavy atom. The van der Waals surface area contributed by atoms with Crippen molar-refractivity contribution in [1.82, 2.24) is 0 Å². The van der Waals surface area contributed by atoms with E-state index in [-0.39, 0.29) is 0 Å². The SMILES string of the molecule is O=C(O)C(C(=O)O)c1c(F)cccc1[N+](=O)[O-]. The average Bonchev–Trinajstić information content (AvgIpc) is 2.19. The highest BCUT2D eigenvalue weighted by Gasteiger charge is 2.36. The predicted molar refractivity (Wildman–Crippen MR) is 51.1 cm³/mol. The molecule has 0 unspecified atom stereocenters. The van der Waals surface area contributed by atoms with Crippen molar-refractivity contribution < 1.29 is 29.1 Å². The number of rotatable bonds is 4. The lowest BCUT2D eigenvalue weighted by Crippen LogP contribution is -2.23. The molecule has 0 aliphatic rings. The van der Waals surface area contributed by atoms with Gasteiger partial charge in [-0.25, -0.2) is 4.39 Å². The molecule has 0 fully saturated rings. The zero-order chi connectivity index (χ0) is 13.2. The van der Waals surface area contributed by atoms with Gasteiger partial charge in [-0.15, -0.1) is 0 Å². The Labute approximate surface area is 93.3 Å². The lowest BCUT2D eigenvalue weighted by Gasteiger charge is -2.09. The van der Waals surface area contributed by atoms with Crippen molar-refractivity contribution in [3.8, 4) is 0 Å². The van der Waals surface area contributed by atoms with Crippen LogP contribution in [0.1, 0.15) is 11.5 Å². The lowest BCUT2D eigenvalue weighted by molar-refractivity contribution is -0.385. The fourth-order valence-electron chi connectivity index (χ4n) is 1.32. The first kappa shape index (κ1) is 12.6. The molecular formula is C9H6FNO6. The summed E-state index contributed by atoms with van der Waals surface area (Å²) in [5.41, 5.74) is -1.84. The van der Waals surface area contributed by atoms with Crippen LogP contribution in [0, 0.1) is 15.9 Å². The summed E-state index contributed by atoms with van der Waals surface area (Å²) < 4.78 is 13.4. The van der Waals surface area contributed by atoms with Crippen molar-refractivity contribution in [2.24, 2.45) is 0 Å². The second-order valence-electron chi connectivity index (χ2n) is 3.04. The molecule has 7 nitrogen and oxygen atoms in total. The fraction of sp³-hybridized carbons (Fsp3) is 0.111. The quantitative estimate of drug-likeness (QED) is 0.462. The van der Waals surface area contributed by atoms with Crippen LogP contribution in [0.15, 0.2) is 18.2 Å². The number of aliphatic carboxylic acids is 2. The summed E-state index contributed by atoms with van der Waals surface area (Å²) in [6.45, 7) is 0. The third-order valence-corrected chi connectivity index (χ3v) is 2.01. The molecular weight excluding hydrogens is 237 g/mol. The van der Waals surface area contributed by atoms with E-state index < -0.39 is 39.8 Å². The van der Waals surface area contributed by atoms with Crippen LogP contribution in [-0.2, 0) is 9.59 Å². The largest absolute Gasteiger partial charge is 0.480 e. The van der Waals surface area contributed by atoms with Crippen molar-refractivity contribution in [2.75, 3.05) is 0 Å². The van der Waals surface area contributed by atoms with E-state index in [0.29, 0.717) is 0 Å². The van der Waals surface area contributed by atoms with E-state index in [0.717, 1.165) is 18.2 Å². The van der Waals surface area contributed by atoms with Gasteiger partial charge in [-0.05, 0) is 6.07 Å². The van der Waals surface area contributed by atoms with Crippen molar-refractivity contribution in [3.63, 3.8) is 0 Å². The van der Waals surface area contributed by atoms with Gasteiger partial charge in [0.1, 0.15) is 5.82 Å². The fourth-order valence-corrected chi connectivity index (χ4v) is 1.32. The van der Waals surface area contributed by atoms with Crippen LogP contribution in [0.25, 0.3) is 0 Å². The maximum absolute atomic E-state index is 13.4. The van der Waals surface area contributed by atoms with E-state index in [1.165, 1.54) is 0 Å². The molecule has 0 aromatic heterocycles. The Kier molecular flexibility index (Phi) is 3.37. The monoisotopic (exact) mass is 243 g/mol. The minimum Gasteiger partial charge on any atom is -0.480 e. The van der Waals surface area contributed by atoms with Gasteiger partial charge in [0.2, 0.25) is 0 Å². The van der Waals surface area contributed by atoms with Crippen LogP contribution >= 0.6 is 0 Å². The van der Waals surface area contributed by atoms with E-state index in [9.17, 15) is 24.1 Å². The molecule has 0 aliphatic heterocycles. The van der Waals surface area contributed by atoms with Gasteiger partial charge < -0.3 is 10.2 Å². The van der Waals surface area contributed by atoms with Crippen LogP contribution in [0.2, 0.25) is 0 Å². The van der Waals surface area contributed by atoms with Crippen molar-refractivity contribution in [1.29, 1.82) is 0 Å². The summed E-state index contributed by atoms with van der Waals surface area (Å²) in [7, 11) is 0. The number of halogens is 1. The molecule has 0 atom stereocenters. The van der Waals surface area contributed by atoms with E-state index in [2.05, 4.69) is 0 Å². The van der Waals surface area contributed by atoms with Gasteiger partial charge in [0.05, 0.1) is 10.5 Å². The summed E-state index contributed by atoms with van der Waals surface area (Å²) in [5.74, 6) is -7.29. The first-order chi connectivity index (χ1) is 7.86. The molecule has 0 radical (unpaired) electrons. The smallest absolute Gasteiger partial charge is 0.322 e. The van der Waals surface area contributed by atoms with Gasteiger partial charge in [0, 0.05) is 6.07 Å². The minimum absolute atomic E-state index is 0.765. The molecule has 17 heavy (non-hydrogen) atoms.